The van der Waals surface area contributed by atoms with E-state index in [1.165, 1.54) is 0 Å². The number of nitrogens with zero attached hydrogens (tertiary/aromatic N) is 1. The van der Waals surface area contributed by atoms with Gasteiger partial charge in [-0.3, -0.25) is 9.59 Å². The van der Waals surface area contributed by atoms with Crippen molar-refractivity contribution >= 4 is 29.6 Å². The summed E-state index contributed by atoms with van der Waals surface area (Å²) in [6.45, 7) is 0. The van der Waals surface area contributed by atoms with Gasteiger partial charge >= 0.3 is 5.91 Å². The summed E-state index contributed by atoms with van der Waals surface area (Å²) < 4.78 is 6.96. The summed E-state index contributed by atoms with van der Waals surface area (Å²) in [5.74, 6) is 0.0991. The predicted octanol–water partition coefficient (Wildman–Crippen LogP) is 3.36. The van der Waals surface area contributed by atoms with Gasteiger partial charge in [0, 0.05) is 21.7 Å². The van der Waals surface area contributed by atoms with Crippen molar-refractivity contribution in [2.45, 2.75) is 12.1 Å². The lowest BCUT2D eigenvalue weighted by molar-refractivity contribution is -0.596. The van der Waals surface area contributed by atoms with Crippen LogP contribution in [0.25, 0.3) is 0 Å². The van der Waals surface area contributed by atoms with Crippen LogP contribution >= 0.6 is 11.6 Å². The molecule has 0 aromatic heterocycles. The largest absolute Gasteiger partial charge is 0.497 e. The SMILES string of the molecule is COc1ccc([C@H]2[C@H](NC(=O)c3ccccc3)C(=O)N/[N+]2=C\c2ccc(Cl)cc2)cc1. The van der Waals surface area contributed by atoms with Gasteiger partial charge in [0.15, 0.2) is 6.04 Å². The van der Waals surface area contributed by atoms with E-state index < -0.39 is 12.1 Å². The molecule has 1 saturated heterocycles. The number of hydrogen-bond donors (Lipinski definition) is 2. The van der Waals surface area contributed by atoms with Crippen molar-refractivity contribution in [2.75, 3.05) is 7.11 Å². The van der Waals surface area contributed by atoms with Crippen LogP contribution in [0.1, 0.15) is 27.5 Å². The van der Waals surface area contributed by atoms with Gasteiger partial charge in [-0.15, -0.1) is 10.1 Å². The van der Waals surface area contributed by atoms with Gasteiger partial charge in [-0.05, 0) is 60.7 Å². The van der Waals surface area contributed by atoms with Crippen molar-refractivity contribution in [2.24, 2.45) is 0 Å². The van der Waals surface area contributed by atoms with Crippen LogP contribution in [0, 0.1) is 0 Å². The lowest BCUT2D eigenvalue weighted by Gasteiger charge is -2.15. The number of amides is 2. The molecule has 0 unspecified atom stereocenters. The highest BCUT2D eigenvalue weighted by molar-refractivity contribution is 6.30. The topological polar surface area (TPSA) is 70.4 Å². The number of hydrazone groups is 1. The smallest absolute Gasteiger partial charge is 0.304 e. The average molecular weight is 435 g/mol. The minimum absolute atomic E-state index is 0.296. The summed E-state index contributed by atoms with van der Waals surface area (Å²) in [6.07, 6.45) is 1.82. The molecular formula is C24H21ClN3O3+. The second kappa shape index (κ2) is 9.02. The number of carbonyl (C=O) groups is 2. The predicted molar refractivity (Wildman–Crippen MR) is 118 cm³/mol. The molecule has 7 heteroatoms. The Morgan fingerprint density at radius 2 is 1.71 bits per heavy atom. The van der Waals surface area contributed by atoms with Crippen LogP contribution in [0.5, 0.6) is 5.75 Å². The number of halogens is 1. The fourth-order valence-corrected chi connectivity index (χ4v) is 3.63. The van der Waals surface area contributed by atoms with E-state index in [1.54, 1.807) is 48.2 Å². The number of rotatable bonds is 5. The van der Waals surface area contributed by atoms with Crippen molar-refractivity contribution in [1.29, 1.82) is 0 Å². The quantitative estimate of drug-likeness (QED) is 0.605. The molecule has 1 aliphatic rings. The van der Waals surface area contributed by atoms with Crippen molar-refractivity contribution in [1.82, 2.24) is 10.7 Å². The van der Waals surface area contributed by atoms with Gasteiger partial charge in [0.25, 0.3) is 5.91 Å². The summed E-state index contributed by atoms with van der Waals surface area (Å²) >= 11 is 5.99. The Hall–Kier alpha value is -3.64. The molecule has 1 heterocycles. The number of nitrogens with one attached hydrogen (secondary N) is 2. The molecule has 156 valence electrons. The van der Waals surface area contributed by atoms with E-state index in [2.05, 4.69) is 10.7 Å². The maximum absolute atomic E-state index is 12.9. The zero-order chi connectivity index (χ0) is 21.8. The lowest BCUT2D eigenvalue weighted by Crippen LogP contribution is -2.42. The maximum atomic E-state index is 12.9. The first-order valence-corrected chi connectivity index (χ1v) is 10.1. The monoisotopic (exact) mass is 434 g/mol. The molecule has 0 spiro atoms. The molecule has 2 atom stereocenters. The van der Waals surface area contributed by atoms with Crippen molar-refractivity contribution in [3.63, 3.8) is 0 Å². The zero-order valence-electron chi connectivity index (χ0n) is 16.8. The molecule has 1 fully saturated rings. The van der Waals surface area contributed by atoms with Gasteiger partial charge in [0.2, 0.25) is 12.3 Å². The van der Waals surface area contributed by atoms with Gasteiger partial charge < -0.3 is 10.1 Å². The minimum Gasteiger partial charge on any atom is -0.497 e. The van der Waals surface area contributed by atoms with Crippen LogP contribution < -0.4 is 15.5 Å². The highest BCUT2D eigenvalue weighted by atomic mass is 35.5. The number of hydrazine groups is 1. The first kappa shape index (κ1) is 20.6. The molecule has 1 aliphatic heterocycles. The van der Waals surface area contributed by atoms with Crippen LogP contribution in [0.2, 0.25) is 5.02 Å². The first-order valence-electron chi connectivity index (χ1n) is 9.74. The fraction of sp³-hybridized carbons (Fsp3) is 0.125. The number of ether oxygens (including phenoxy) is 1. The summed E-state index contributed by atoms with van der Waals surface area (Å²) in [6, 6.07) is 22.3. The second-order valence-electron chi connectivity index (χ2n) is 7.10. The Morgan fingerprint density at radius 1 is 1.03 bits per heavy atom. The van der Waals surface area contributed by atoms with E-state index in [0.717, 1.165) is 11.1 Å². The number of carbonyl (C=O) groups excluding carboxylic acids is 2. The normalized spacial score (nSPS) is 19.2. The molecule has 0 radical (unpaired) electrons. The number of hydrogen-bond acceptors (Lipinski definition) is 3. The minimum atomic E-state index is -0.787. The number of methoxy groups -OCH3 is 1. The maximum Gasteiger partial charge on any atom is 0.304 e. The summed E-state index contributed by atoms with van der Waals surface area (Å²) in [5, 5.41) is 3.51. The Balaban J connectivity index is 1.70. The van der Waals surface area contributed by atoms with Gasteiger partial charge in [-0.2, -0.15) is 0 Å². The first-order chi connectivity index (χ1) is 15.0. The van der Waals surface area contributed by atoms with Crippen LogP contribution in [0.3, 0.4) is 0 Å². The van der Waals surface area contributed by atoms with E-state index in [1.807, 2.05) is 48.7 Å². The van der Waals surface area contributed by atoms with E-state index in [4.69, 9.17) is 16.3 Å². The summed E-state index contributed by atoms with van der Waals surface area (Å²) in [5.41, 5.74) is 5.06. The molecule has 4 rings (SSSR count). The molecule has 0 aliphatic carbocycles. The van der Waals surface area contributed by atoms with Gasteiger partial charge in [-0.25, -0.2) is 0 Å². The molecule has 6 nitrogen and oxygen atoms in total. The van der Waals surface area contributed by atoms with Crippen LogP contribution in [-0.2, 0) is 4.79 Å². The number of benzene rings is 3. The lowest BCUT2D eigenvalue weighted by atomic mass is 9.99. The van der Waals surface area contributed by atoms with Gasteiger partial charge in [-0.1, -0.05) is 29.8 Å². The zero-order valence-corrected chi connectivity index (χ0v) is 17.5. The third-order valence-corrected chi connectivity index (χ3v) is 5.33. The van der Waals surface area contributed by atoms with E-state index in [9.17, 15) is 9.59 Å². The Labute approximate surface area is 185 Å². The second-order valence-corrected chi connectivity index (χ2v) is 7.54. The highest BCUT2D eigenvalue weighted by Crippen LogP contribution is 2.27. The standard InChI is InChI=1S/C24H20ClN3O3/c1-31-20-13-9-17(10-14-20)22-21(26-23(29)18-5-3-2-4-6-18)24(30)27-28(22)15-16-7-11-19(25)12-8-16/h2-15,21-22H,1H3,(H-,26,27,29,30)/p+1/b28-15-/t21-,22-/m0/s1. The Morgan fingerprint density at radius 3 is 2.35 bits per heavy atom. The van der Waals surface area contributed by atoms with E-state index >= 15 is 0 Å². The Bertz CT molecular complexity index is 1110. The van der Waals surface area contributed by atoms with E-state index in [0.29, 0.717) is 16.3 Å². The van der Waals surface area contributed by atoms with Gasteiger partial charge in [0.1, 0.15) is 5.75 Å². The molecular weight excluding hydrogens is 414 g/mol. The fourth-order valence-electron chi connectivity index (χ4n) is 3.51. The summed E-state index contributed by atoms with van der Waals surface area (Å²) in [4.78, 5) is 25.6. The third-order valence-electron chi connectivity index (χ3n) is 5.08. The molecule has 3 aromatic carbocycles. The molecule has 2 N–H and O–H groups in total. The van der Waals surface area contributed by atoms with Crippen molar-refractivity contribution < 1.29 is 19.0 Å². The molecule has 0 bridgehead atoms. The van der Waals surface area contributed by atoms with E-state index in [-0.39, 0.29) is 11.8 Å². The van der Waals surface area contributed by atoms with Crippen LogP contribution in [0.15, 0.2) is 78.9 Å². The molecule has 31 heavy (non-hydrogen) atoms. The average Bonchev–Trinajstić information content (AvgIpc) is 3.10. The molecule has 2 amide bonds. The van der Waals surface area contributed by atoms with Gasteiger partial charge in [0.05, 0.1) is 7.11 Å². The van der Waals surface area contributed by atoms with Crippen LogP contribution in [-0.4, -0.2) is 35.9 Å². The van der Waals surface area contributed by atoms with Crippen molar-refractivity contribution in [3.8, 4) is 5.75 Å². The third kappa shape index (κ3) is 4.59. The highest BCUT2D eigenvalue weighted by Gasteiger charge is 2.47. The van der Waals surface area contributed by atoms with Crippen molar-refractivity contribution in [3.05, 3.63) is 101 Å². The summed E-state index contributed by atoms with van der Waals surface area (Å²) in [7, 11) is 1.60. The van der Waals surface area contributed by atoms with Crippen LogP contribution in [0.4, 0.5) is 0 Å². The molecule has 0 saturated carbocycles. The molecule has 3 aromatic rings. The Kier molecular flexibility index (Phi) is 6.00.